The van der Waals surface area contributed by atoms with Crippen molar-refractivity contribution in [2.24, 2.45) is 0 Å². The third kappa shape index (κ3) is 5.08. The lowest BCUT2D eigenvalue weighted by Gasteiger charge is -2.21. The number of carbonyl (C=O) groups excluding carboxylic acids is 1. The average molecular weight is 426 g/mol. The second kappa shape index (κ2) is 9.14. The SMILES string of the molecule is O=C(O)C(F)(F)F.O=C(c1ccco1)N1CCc2ncnc(N3CCCC3)c2CC1. The molecule has 1 N–H and O–H groups in total. The highest BCUT2D eigenvalue weighted by molar-refractivity contribution is 5.91. The molecule has 162 valence electrons. The first-order valence-electron chi connectivity index (χ1n) is 9.48. The number of carboxylic acid groups (broad SMARTS) is 1. The van der Waals surface area contributed by atoms with E-state index in [1.165, 1.54) is 24.7 Å². The van der Waals surface area contributed by atoms with Gasteiger partial charge in [-0.05, 0) is 31.4 Å². The maximum atomic E-state index is 12.5. The molecule has 2 aromatic heterocycles. The predicted octanol–water partition coefficient (Wildman–Crippen LogP) is 2.54. The van der Waals surface area contributed by atoms with Crippen molar-refractivity contribution in [1.82, 2.24) is 14.9 Å². The first-order chi connectivity index (χ1) is 14.3. The number of carboxylic acids is 1. The minimum Gasteiger partial charge on any atom is -0.475 e. The third-order valence-corrected chi connectivity index (χ3v) is 4.93. The van der Waals surface area contributed by atoms with E-state index >= 15 is 0 Å². The summed E-state index contributed by atoms with van der Waals surface area (Å²) < 4.78 is 37.0. The summed E-state index contributed by atoms with van der Waals surface area (Å²) in [5.74, 6) is -1.33. The molecule has 0 radical (unpaired) electrons. The van der Waals surface area contributed by atoms with Crippen LogP contribution in [0.5, 0.6) is 0 Å². The molecule has 0 aromatic carbocycles. The fourth-order valence-corrected chi connectivity index (χ4v) is 3.47. The maximum absolute atomic E-state index is 12.5. The lowest BCUT2D eigenvalue weighted by molar-refractivity contribution is -0.192. The lowest BCUT2D eigenvalue weighted by atomic mass is 10.1. The van der Waals surface area contributed by atoms with Gasteiger partial charge in [0.25, 0.3) is 5.91 Å². The van der Waals surface area contributed by atoms with Crippen LogP contribution in [0.4, 0.5) is 19.0 Å². The number of furan rings is 1. The minimum absolute atomic E-state index is 0.0431. The van der Waals surface area contributed by atoms with Crippen LogP contribution in [0.1, 0.15) is 34.7 Å². The maximum Gasteiger partial charge on any atom is 0.490 e. The molecular weight excluding hydrogens is 405 g/mol. The van der Waals surface area contributed by atoms with E-state index in [0.29, 0.717) is 18.8 Å². The molecule has 0 bridgehead atoms. The van der Waals surface area contributed by atoms with Crippen LogP contribution >= 0.6 is 0 Å². The van der Waals surface area contributed by atoms with Gasteiger partial charge < -0.3 is 19.3 Å². The Morgan fingerprint density at radius 2 is 1.73 bits per heavy atom. The number of aromatic nitrogens is 2. The highest BCUT2D eigenvalue weighted by Crippen LogP contribution is 2.26. The number of anilines is 1. The normalized spacial score (nSPS) is 16.4. The largest absolute Gasteiger partial charge is 0.490 e. The Hall–Kier alpha value is -3.11. The lowest BCUT2D eigenvalue weighted by Crippen LogP contribution is -2.33. The number of amides is 1. The van der Waals surface area contributed by atoms with Crippen LogP contribution in [0.2, 0.25) is 0 Å². The summed E-state index contributed by atoms with van der Waals surface area (Å²) in [4.78, 5) is 34.6. The Morgan fingerprint density at radius 1 is 1.07 bits per heavy atom. The molecule has 0 spiro atoms. The molecule has 1 amide bonds. The number of aliphatic carboxylic acids is 1. The Balaban J connectivity index is 0.000000318. The van der Waals surface area contributed by atoms with Gasteiger partial charge in [-0.3, -0.25) is 4.79 Å². The number of halogens is 3. The second-order valence-corrected chi connectivity index (χ2v) is 6.89. The van der Waals surface area contributed by atoms with Gasteiger partial charge >= 0.3 is 12.1 Å². The number of hydrogen-bond donors (Lipinski definition) is 1. The summed E-state index contributed by atoms with van der Waals surface area (Å²) in [6.45, 7) is 3.49. The zero-order valence-electron chi connectivity index (χ0n) is 16.1. The molecule has 1 saturated heterocycles. The van der Waals surface area contributed by atoms with Gasteiger partial charge in [-0.1, -0.05) is 0 Å². The molecule has 4 heterocycles. The van der Waals surface area contributed by atoms with E-state index in [9.17, 15) is 18.0 Å². The van der Waals surface area contributed by atoms with Gasteiger partial charge in [0.15, 0.2) is 5.76 Å². The quantitative estimate of drug-likeness (QED) is 0.788. The fourth-order valence-electron chi connectivity index (χ4n) is 3.47. The number of alkyl halides is 3. The van der Waals surface area contributed by atoms with Crippen LogP contribution < -0.4 is 4.90 Å². The molecule has 0 atom stereocenters. The van der Waals surface area contributed by atoms with Gasteiger partial charge in [0, 0.05) is 38.2 Å². The molecule has 4 rings (SSSR count). The van der Waals surface area contributed by atoms with Crippen molar-refractivity contribution in [1.29, 1.82) is 0 Å². The van der Waals surface area contributed by atoms with E-state index in [1.54, 1.807) is 18.5 Å². The Labute approximate surface area is 170 Å². The van der Waals surface area contributed by atoms with Gasteiger partial charge in [-0.15, -0.1) is 0 Å². The zero-order valence-corrected chi connectivity index (χ0v) is 16.1. The van der Waals surface area contributed by atoms with Crippen molar-refractivity contribution in [3.05, 3.63) is 41.7 Å². The first kappa shape index (κ1) is 21.6. The molecule has 30 heavy (non-hydrogen) atoms. The zero-order chi connectivity index (χ0) is 21.7. The average Bonchev–Trinajstić information content (AvgIpc) is 3.38. The van der Waals surface area contributed by atoms with Crippen molar-refractivity contribution in [3.63, 3.8) is 0 Å². The summed E-state index contributed by atoms with van der Waals surface area (Å²) in [5.41, 5.74) is 2.29. The summed E-state index contributed by atoms with van der Waals surface area (Å²) in [5, 5.41) is 7.12. The van der Waals surface area contributed by atoms with Gasteiger partial charge in [-0.2, -0.15) is 13.2 Å². The predicted molar refractivity (Wildman–Crippen MR) is 99.2 cm³/mol. The number of fused-ring (bicyclic) bond motifs is 1. The smallest absolute Gasteiger partial charge is 0.475 e. The van der Waals surface area contributed by atoms with Gasteiger partial charge in [-0.25, -0.2) is 14.8 Å². The van der Waals surface area contributed by atoms with Crippen molar-refractivity contribution in [2.75, 3.05) is 31.1 Å². The summed E-state index contributed by atoms with van der Waals surface area (Å²) in [7, 11) is 0. The van der Waals surface area contributed by atoms with Gasteiger partial charge in [0.2, 0.25) is 0 Å². The second-order valence-electron chi connectivity index (χ2n) is 6.89. The standard InChI is InChI=1S/C17H20N4O2.C2HF3O2/c22-17(15-4-3-11-23-15)21-9-5-13-14(6-10-21)18-12-19-16(13)20-7-1-2-8-20;3-2(4,5)1(6)7/h3-4,11-12H,1-2,5-10H2;(H,6,7). The third-order valence-electron chi connectivity index (χ3n) is 4.93. The van der Waals surface area contributed by atoms with E-state index in [0.717, 1.165) is 37.4 Å². The number of rotatable bonds is 2. The summed E-state index contributed by atoms with van der Waals surface area (Å²) in [6, 6.07) is 3.46. The Bertz CT molecular complexity index is 880. The van der Waals surface area contributed by atoms with Crippen LogP contribution in [0.25, 0.3) is 0 Å². The van der Waals surface area contributed by atoms with Crippen LogP contribution in [0, 0.1) is 0 Å². The molecule has 2 aliphatic rings. The summed E-state index contributed by atoms with van der Waals surface area (Å²) >= 11 is 0. The van der Waals surface area contributed by atoms with Crippen molar-refractivity contribution < 1.29 is 32.3 Å². The van der Waals surface area contributed by atoms with E-state index in [2.05, 4.69) is 14.9 Å². The molecular formula is C19H21F3N4O4. The van der Waals surface area contributed by atoms with Crippen molar-refractivity contribution in [3.8, 4) is 0 Å². The van der Waals surface area contributed by atoms with E-state index in [-0.39, 0.29) is 5.91 Å². The van der Waals surface area contributed by atoms with Gasteiger partial charge in [0.1, 0.15) is 12.1 Å². The van der Waals surface area contributed by atoms with E-state index in [4.69, 9.17) is 14.3 Å². The highest BCUT2D eigenvalue weighted by Gasteiger charge is 2.38. The van der Waals surface area contributed by atoms with Crippen molar-refractivity contribution >= 4 is 17.7 Å². The Kier molecular flexibility index (Phi) is 6.58. The summed E-state index contributed by atoms with van der Waals surface area (Å²) in [6.07, 6.45) is 2.14. The minimum atomic E-state index is -5.08. The molecule has 0 aliphatic carbocycles. The van der Waals surface area contributed by atoms with Crippen LogP contribution in [0.15, 0.2) is 29.1 Å². The van der Waals surface area contributed by atoms with E-state index in [1.807, 2.05) is 4.90 Å². The molecule has 0 saturated carbocycles. The number of hydrogen-bond acceptors (Lipinski definition) is 6. The molecule has 1 fully saturated rings. The molecule has 8 nitrogen and oxygen atoms in total. The molecule has 11 heteroatoms. The van der Waals surface area contributed by atoms with Crippen LogP contribution in [-0.4, -0.2) is 64.2 Å². The van der Waals surface area contributed by atoms with Crippen molar-refractivity contribution in [2.45, 2.75) is 31.9 Å². The molecule has 2 aromatic rings. The molecule has 0 unspecified atom stereocenters. The fraction of sp³-hybridized carbons (Fsp3) is 0.474. The number of carbonyl (C=O) groups is 2. The molecule has 2 aliphatic heterocycles. The van der Waals surface area contributed by atoms with Gasteiger partial charge in [0.05, 0.1) is 12.0 Å². The topological polar surface area (TPSA) is 99.8 Å². The van der Waals surface area contributed by atoms with Crippen LogP contribution in [0.3, 0.4) is 0 Å². The number of nitrogens with zero attached hydrogens (tertiary/aromatic N) is 4. The van der Waals surface area contributed by atoms with E-state index < -0.39 is 12.1 Å². The Morgan fingerprint density at radius 3 is 2.33 bits per heavy atom. The first-order valence-corrected chi connectivity index (χ1v) is 9.48. The highest BCUT2D eigenvalue weighted by atomic mass is 19.4. The van der Waals surface area contributed by atoms with Crippen LogP contribution in [-0.2, 0) is 17.6 Å². The monoisotopic (exact) mass is 426 g/mol.